The van der Waals surface area contributed by atoms with Gasteiger partial charge in [-0.1, -0.05) is 42.5 Å². The van der Waals surface area contributed by atoms with Gasteiger partial charge in [-0.25, -0.2) is 4.98 Å². The van der Waals surface area contributed by atoms with Crippen molar-refractivity contribution >= 4 is 16.7 Å². The largest absolute Gasteiger partial charge is 0.494 e. The molecule has 1 atom stereocenters. The molecule has 2 heterocycles. The molecule has 0 amide bonds. The van der Waals surface area contributed by atoms with Crippen molar-refractivity contribution in [1.29, 1.82) is 0 Å². The van der Waals surface area contributed by atoms with Gasteiger partial charge in [-0.2, -0.15) is 0 Å². The number of anilines is 1. The number of benzene rings is 2. The Bertz CT molecular complexity index is 900. The summed E-state index contributed by atoms with van der Waals surface area (Å²) in [4.78, 5) is 9.30. The van der Waals surface area contributed by atoms with Crippen molar-refractivity contribution in [2.45, 2.75) is 12.6 Å². The van der Waals surface area contributed by atoms with E-state index in [0.717, 1.165) is 42.1 Å². The van der Waals surface area contributed by atoms with Gasteiger partial charge < -0.3 is 14.7 Å². The third-order valence-electron chi connectivity index (χ3n) is 5.05. The number of fused-ring (bicyclic) bond motifs is 1. The van der Waals surface area contributed by atoms with Gasteiger partial charge in [0.1, 0.15) is 17.1 Å². The monoisotopic (exact) mass is 363 g/mol. The Morgan fingerprint density at radius 1 is 1.00 bits per heavy atom. The van der Waals surface area contributed by atoms with Crippen LogP contribution in [0.1, 0.15) is 5.56 Å². The number of rotatable bonds is 4. The minimum absolute atomic E-state index is 0.411. The van der Waals surface area contributed by atoms with Crippen LogP contribution in [-0.2, 0) is 6.54 Å². The normalized spacial score (nSPS) is 18.4. The van der Waals surface area contributed by atoms with Gasteiger partial charge in [0.05, 0.1) is 13.2 Å². The van der Waals surface area contributed by atoms with Crippen molar-refractivity contribution in [1.82, 2.24) is 9.88 Å². The minimum atomic E-state index is -0.411. The van der Waals surface area contributed by atoms with Gasteiger partial charge in [-0.05, 0) is 23.8 Å². The fraction of sp³-hybridized carbons (Fsp3) is 0.318. The highest BCUT2D eigenvalue weighted by atomic mass is 16.5. The Morgan fingerprint density at radius 3 is 2.67 bits per heavy atom. The van der Waals surface area contributed by atoms with Crippen molar-refractivity contribution in [2.24, 2.45) is 0 Å². The standard InChI is InChI=1S/C22H25N3O2/c1-27-20-9-5-8-18-10-11-21(23-22(18)20)25-13-12-24(15-19(26)16-25)14-17-6-3-2-4-7-17/h2-11,19,26H,12-16H2,1H3/t19-/m0/s1. The van der Waals surface area contributed by atoms with Gasteiger partial charge in [0.2, 0.25) is 0 Å². The van der Waals surface area contributed by atoms with E-state index in [4.69, 9.17) is 9.72 Å². The molecule has 5 heteroatoms. The molecule has 0 radical (unpaired) electrons. The van der Waals surface area contributed by atoms with Crippen molar-refractivity contribution < 1.29 is 9.84 Å². The van der Waals surface area contributed by atoms with Gasteiger partial charge in [-0.15, -0.1) is 0 Å². The lowest BCUT2D eigenvalue weighted by atomic mass is 10.2. The van der Waals surface area contributed by atoms with Gasteiger partial charge >= 0.3 is 0 Å². The molecule has 1 saturated heterocycles. The Hall–Kier alpha value is -2.63. The van der Waals surface area contributed by atoms with Gasteiger partial charge in [0.15, 0.2) is 0 Å². The molecular weight excluding hydrogens is 338 g/mol. The molecule has 1 aliphatic heterocycles. The van der Waals surface area contributed by atoms with Crippen LogP contribution in [0.3, 0.4) is 0 Å². The molecular formula is C22H25N3O2. The molecule has 1 N–H and O–H groups in total. The molecule has 5 nitrogen and oxygen atoms in total. The molecule has 27 heavy (non-hydrogen) atoms. The quantitative estimate of drug-likeness (QED) is 0.772. The Kier molecular flexibility index (Phi) is 5.23. The lowest BCUT2D eigenvalue weighted by Gasteiger charge is -2.23. The first-order chi connectivity index (χ1) is 13.2. The van der Waals surface area contributed by atoms with E-state index in [9.17, 15) is 5.11 Å². The molecule has 0 aliphatic carbocycles. The van der Waals surface area contributed by atoms with Gasteiger partial charge in [0, 0.05) is 38.1 Å². The van der Waals surface area contributed by atoms with Gasteiger partial charge in [0.25, 0.3) is 0 Å². The predicted molar refractivity (Wildman–Crippen MR) is 108 cm³/mol. The highest BCUT2D eigenvalue weighted by Gasteiger charge is 2.22. The van der Waals surface area contributed by atoms with E-state index in [-0.39, 0.29) is 0 Å². The van der Waals surface area contributed by atoms with Crippen LogP contribution in [-0.4, -0.2) is 54.4 Å². The fourth-order valence-electron chi connectivity index (χ4n) is 3.70. The number of para-hydroxylation sites is 1. The van der Waals surface area contributed by atoms with Crippen molar-refractivity contribution in [3.05, 3.63) is 66.2 Å². The molecule has 1 fully saturated rings. The number of methoxy groups -OCH3 is 1. The minimum Gasteiger partial charge on any atom is -0.494 e. The van der Waals surface area contributed by atoms with Crippen LogP contribution in [0.25, 0.3) is 10.9 Å². The van der Waals surface area contributed by atoms with Crippen LogP contribution < -0.4 is 9.64 Å². The lowest BCUT2D eigenvalue weighted by molar-refractivity contribution is 0.129. The summed E-state index contributed by atoms with van der Waals surface area (Å²) in [6, 6.07) is 20.4. The van der Waals surface area contributed by atoms with Crippen LogP contribution in [0.4, 0.5) is 5.82 Å². The first kappa shape index (κ1) is 17.8. The van der Waals surface area contributed by atoms with Gasteiger partial charge in [-0.3, -0.25) is 4.90 Å². The fourth-order valence-corrected chi connectivity index (χ4v) is 3.70. The van der Waals surface area contributed by atoms with E-state index in [1.165, 1.54) is 5.56 Å². The summed E-state index contributed by atoms with van der Waals surface area (Å²) in [7, 11) is 1.67. The molecule has 0 spiro atoms. The SMILES string of the molecule is COc1cccc2ccc(N3CCN(Cc4ccccc4)C[C@H](O)C3)nc12. The van der Waals surface area contributed by atoms with Crippen LogP contribution >= 0.6 is 0 Å². The van der Waals surface area contributed by atoms with E-state index in [1.807, 2.05) is 30.3 Å². The average molecular weight is 363 g/mol. The molecule has 0 unspecified atom stereocenters. The van der Waals surface area contributed by atoms with E-state index in [2.05, 4.69) is 40.1 Å². The Labute approximate surface area is 159 Å². The second kappa shape index (κ2) is 7.94. The maximum Gasteiger partial charge on any atom is 0.145 e. The number of hydrogen-bond acceptors (Lipinski definition) is 5. The average Bonchev–Trinajstić information content (AvgIpc) is 2.89. The predicted octanol–water partition coefficient (Wildman–Crippen LogP) is 2.93. The summed E-state index contributed by atoms with van der Waals surface area (Å²) >= 11 is 0. The van der Waals surface area contributed by atoms with Crippen LogP contribution in [0.5, 0.6) is 5.75 Å². The highest BCUT2D eigenvalue weighted by molar-refractivity contribution is 5.86. The van der Waals surface area contributed by atoms with Crippen molar-refractivity contribution in [2.75, 3.05) is 38.2 Å². The van der Waals surface area contributed by atoms with Crippen LogP contribution in [0.2, 0.25) is 0 Å². The van der Waals surface area contributed by atoms with E-state index in [1.54, 1.807) is 7.11 Å². The highest BCUT2D eigenvalue weighted by Crippen LogP contribution is 2.26. The molecule has 3 aromatic rings. The third-order valence-corrected chi connectivity index (χ3v) is 5.05. The van der Waals surface area contributed by atoms with E-state index < -0.39 is 6.10 Å². The summed E-state index contributed by atoms with van der Waals surface area (Å²) < 4.78 is 5.46. The first-order valence-corrected chi connectivity index (χ1v) is 9.36. The number of pyridine rings is 1. The number of aromatic nitrogens is 1. The number of ether oxygens (including phenoxy) is 1. The Balaban J connectivity index is 1.53. The lowest BCUT2D eigenvalue weighted by Crippen LogP contribution is -2.33. The molecule has 1 aliphatic rings. The topological polar surface area (TPSA) is 48.8 Å². The summed E-state index contributed by atoms with van der Waals surface area (Å²) in [5.41, 5.74) is 2.13. The number of aliphatic hydroxyl groups is 1. The zero-order valence-electron chi connectivity index (χ0n) is 15.6. The summed E-state index contributed by atoms with van der Waals surface area (Å²) in [5.74, 6) is 1.66. The third kappa shape index (κ3) is 4.04. The van der Waals surface area contributed by atoms with Crippen molar-refractivity contribution in [3.8, 4) is 5.75 Å². The van der Waals surface area contributed by atoms with Crippen LogP contribution in [0, 0.1) is 0 Å². The second-order valence-electron chi connectivity index (χ2n) is 7.02. The molecule has 4 rings (SSSR count). The number of hydrogen-bond donors (Lipinski definition) is 1. The summed E-state index contributed by atoms with van der Waals surface area (Å²) in [6.45, 7) is 3.82. The molecule has 1 aromatic heterocycles. The smallest absolute Gasteiger partial charge is 0.145 e. The zero-order chi connectivity index (χ0) is 18.6. The zero-order valence-corrected chi connectivity index (χ0v) is 15.6. The Morgan fingerprint density at radius 2 is 1.85 bits per heavy atom. The van der Waals surface area contributed by atoms with Crippen LogP contribution in [0.15, 0.2) is 60.7 Å². The molecule has 0 bridgehead atoms. The van der Waals surface area contributed by atoms with Crippen molar-refractivity contribution in [3.63, 3.8) is 0 Å². The number of aliphatic hydroxyl groups excluding tert-OH is 1. The second-order valence-corrected chi connectivity index (χ2v) is 7.02. The maximum absolute atomic E-state index is 10.5. The number of nitrogens with zero attached hydrogens (tertiary/aromatic N) is 3. The van der Waals surface area contributed by atoms with E-state index >= 15 is 0 Å². The van der Waals surface area contributed by atoms with E-state index in [0.29, 0.717) is 13.1 Å². The summed E-state index contributed by atoms with van der Waals surface area (Å²) in [6.07, 6.45) is -0.411. The maximum atomic E-state index is 10.5. The molecule has 0 saturated carbocycles. The molecule has 140 valence electrons. The first-order valence-electron chi connectivity index (χ1n) is 9.36. The summed E-state index contributed by atoms with van der Waals surface area (Å²) in [5, 5.41) is 11.6. The number of β-amino-alcohol motifs (C(OH)–C–C–N with tert-alkyl or cyclic N) is 1. The molecule has 2 aromatic carbocycles.